The van der Waals surface area contributed by atoms with Crippen LogP contribution in [-0.4, -0.2) is 26.7 Å². The minimum atomic E-state index is -0.0176. The first-order chi connectivity index (χ1) is 11.5. The van der Waals surface area contributed by atoms with Crippen LogP contribution in [0, 0.1) is 0 Å². The number of hydrogen-bond acceptors (Lipinski definition) is 3. The van der Waals surface area contributed by atoms with Crippen molar-refractivity contribution in [1.82, 2.24) is 0 Å². The molecule has 5 heteroatoms. The molecule has 0 aliphatic carbocycles. The molecule has 0 saturated carbocycles. The molecule has 4 nitrogen and oxygen atoms in total. The molecule has 0 N–H and O–H groups in total. The summed E-state index contributed by atoms with van der Waals surface area (Å²) in [5.74, 6) is 1.33. The minimum absolute atomic E-state index is 0.0176. The number of halogens is 1. The van der Waals surface area contributed by atoms with E-state index in [0.717, 1.165) is 21.3 Å². The highest BCUT2D eigenvalue weighted by atomic mass is 79.9. The Morgan fingerprint density at radius 2 is 1.96 bits per heavy atom. The van der Waals surface area contributed by atoms with Crippen molar-refractivity contribution in [3.05, 3.63) is 52.0 Å². The number of amides is 1. The van der Waals surface area contributed by atoms with Crippen molar-refractivity contribution < 1.29 is 14.3 Å². The average Bonchev–Trinajstić information content (AvgIpc) is 2.81. The first-order valence-electron chi connectivity index (χ1n) is 7.65. The Labute approximate surface area is 149 Å². The summed E-state index contributed by atoms with van der Waals surface area (Å²) in [6.45, 7) is 2.50. The largest absolute Gasteiger partial charge is 0.493 e. The number of methoxy groups -OCH3 is 1. The zero-order valence-electron chi connectivity index (χ0n) is 13.8. The lowest BCUT2D eigenvalue weighted by molar-refractivity contribution is -0.112. The van der Waals surface area contributed by atoms with Crippen LogP contribution in [0.2, 0.25) is 0 Å². The van der Waals surface area contributed by atoms with Crippen LogP contribution >= 0.6 is 15.9 Å². The zero-order chi connectivity index (χ0) is 17.3. The van der Waals surface area contributed by atoms with E-state index < -0.39 is 0 Å². The molecule has 124 valence electrons. The van der Waals surface area contributed by atoms with Gasteiger partial charge in [0.2, 0.25) is 0 Å². The zero-order valence-corrected chi connectivity index (χ0v) is 15.4. The molecular formula is C19H18BrNO3. The number of rotatable bonds is 4. The summed E-state index contributed by atoms with van der Waals surface area (Å²) < 4.78 is 11.9. The van der Waals surface area contributed by atoms with Gasteiger partial charge in [-0.3, -0.25) is 4.79 Å². The maximum absolute atomic E-state index is 12.6. The quantitative estimate of drug-likeness (QED) is 0.730. The molecule has 0 bridgehead atoms. The molecule has 0 unspecified atom stereocenters. The fraction of sp³-hybridized carbons (Fsp3) is 0.211. The lowest BCUT2D eigenvalue weighted by Crippen LogP contribution is -2.20. The Bertz CT molecular complexity index is 829. The van der Waals surface area contributed by atoms with Crippen LogP contribution in [0.25, 0.3) is 11.6 Å². The number of ether oxygens (including phenoxy) is 2. The summed E-state index contributed by atoms with van der Waals surface area (Å²) in [6, 6.07) is 11.5. The molecule has 2 aromatic rings. The Morgan fingerprint density at radius 1 is 1.17 bits per heavy atom. The highest BCUT2D eigenvalue weighted by Gasteiger charge is 2.29. The van der Waals surface area contributed by atoms with E-state index in [1.165, 1.54) is 0 Å². The van der Waals surface area contributed by atoms with Crippen molar-refractivity contribution in [1.29, 1.82) is 0 Å². The van der Waals surface area contributed by atoms with Crippen LogP contribution in [0.5, 0.6) is 11.5 Å². The molecule has 2 aromatic carbocycles. The fourth-order valence-corrected chi connectivity index (χ4v) is 3.14. The second-order valence-corrected chi connectivity index (χ2v) is 6.34. The lowest BCUT2D eigenvalue weighted by Gasteiger charge is -2.10. The summed E-state index contributed by atoms with van der Waals surface area (Å²) in [4.78, 5) is 14.3. The normalized spacial score (nSPS) is 14.9. The molecule has 1 amide bonds. The Morgan fingerprint density at radius 3 is 2.67 bits per heavy atom. The molecule has 0 aromatic heterocycles. The van der Waals surface area contributed by atoms with Crippen molar-refractivity contribution in [3.8, 4) is 11.5 Å². The molecule has 0 fully saturated rings. The van der Waals surface area contributed by atoms with Gasteiger partial charge in [-0.25, -0.2) is 0 Å². The summed E-state index contributed by atoms with van der Waals surface area (Å²) in [7, 11) is 3.39. The van der Waals surface area contributed by atoms with E-state index in [9.17, 15) is 4.79 Å². The van der Waals surface area contributed by atoms with Gasteiger partial charge in [0.1, 0.15) is 0 Å². The third-order valence-electron chi connectivity index (χ3n) is 3.94. The summed E-state index contributed by atoms with van der Waals surface area (Å²) in [6.07, 6.45) is 1.88. The maximum Gasteiger partial charge on any atom is 0.258 e. The van der Waals surface area contributed by atoms with Gasteiger partial charge >= 0.3 is 0 Å². The monoisotopic (exact) mass is 387 g/mol. The van der Waals surface area contributed by atoms with Crippen molar-refractivity contribution in [2.45, 2.75) is 6.92 Å². The van der Waals surface area contributed by atoms with Crippen molar-refractivity contribution in [2.24, 2.45) is 0 Å². The molecule has 1 aliphatic heterocycles. The van der Waals surface area contributed by atoms with Gasteiger partial charge in [0.25, 0.3) is 5.91 Å². The van der Waals surface area contributed by atoms with Gasteiger partial charge in [0, 0.05) is 22.7 Å². The van der Waals surface area contributed by atoms with E-state index in [1.807, 2.05) is 49.4 Å². The Kier molecular flexibility index (Phi) is 4.62. The Hall–Kier alpha value is -2.27. The van der Waals surface area contributed by atoms with Crippen LogP contribution in [0.1, 0.15) is 18.1 Å². The molecule has 3 rings (SSSR count). The van der Waals surface area contributed by atoms with Crippen LogP contribution in [-0.2, 0) is 4.79 Å². The highest BCUT2D eigenvalue weighted by molar-refractivity contribution is 9.10. The molecule has 0 atom stereocenters. The van der Waals surface area contributed by atoms with E-state index in [4.69, 9.17) is 9.47 Å². The van der Waals surface area contributed by atoms with E-state index >= 15 is 0 Å². The number of likely N-dealkylation sites (N-methyl/N-ethyl adjacent to an activating group) is 1. The number of anilines is 1. The van der Waals surface area contributed by atoms with Gasteiger partial charge < -0.3 is 14.4 Å². The molecule has 0 radical (unpaired) electrons. The number of carbonyl (C=O) groups excluding carboxylic acids is 1. The van der Waals surface area contributed by atoms with Gasteiger partial charge in [0.05, 0.1) is 19.4 Å². The summed E-state index contributed by atoms with van der Waals surface area (Å²) in [5.41, 5.74) is 3.39. The van der Waals surface area contributed by atoms with Crippen LogP contribution in [0.4, 0.5) is 5.69 Å². The first kappa shape index (κ1) is 16.6. The van der Waals surface area contributed by atoms with Gasteiger partial charge in [0.15, 0.2) is 11.5 Å². The second kappa shape index (κ2) is 6.69. The maximum atomic E-state index is 12.6. The first-order valence-corrected chi connectivity index (χ1v) is 8.45. The van der Waals surface area contributed by atoms with Crippen molar-refractivity contribution in [3.63, 3.8) is 0 Å². The van der Waals surface area contributed by atoms with Gasteiger partial charge in [-0.05, 0) is 48.9 Å². The number of hydrogen-bond donors (Lipinski definition) is 0. The van der Waals surface area contributed by atoms with Gasteiger partial charge in [-0.2, -0.15) is 0 Å². The van der Waals surface area contributed by atoms with Gasteiger partial charge in [-0.15, -0.1) is 0 Å². The topological polar surface area (TPSA) is 38.8 Å². The Balaban J connectivity index is 2.06. The molecule has 1 heterocycles. The summed E-state index contributed by atoms with van der Waals surface area (Å²) >= 11 is 3.47. The predicted octanol–water partition coefficient (Wildman–Crippen LogP) is 4.37. The number of fused-ring (bicyclic) bond motifs is 1. The van der Waals surface area contributed by atoms with E-state index in [1.54, 1.807) is 19.1 Å². The lowest BCUT2D eigenvalue weighted by atomic mass is 10.0. The third kappa shape index (κ3) is 2.91. The molecule has 1 aliphatic rings. The highest BCUT2D eigenvalue weighted by Crippen LogP contribution is 2.39. The predicted molar refractivity (Wildman–Crippen MR) is 99.6 cm³/mol. The van der Waals surface area contributed by atoms with Crippen LogP contribution < -0.4 is 14.4 Å². The molecular weight excluding hydrogens is 370 g/mol. The number of nitrogens with zero attached hydrogens (tertiary/aromatic N) is 1. The average molecular weight is 388 g/mol. The SMILES string of the molecule is CCOc1ccc(/C=C2/C(=O)N(C)c3ccc(Br)cc32)cc1OC. The van der Waals surface area contributed by atoms with E-state index in [-0.39, 0.29) is 5.91 Å². The minimum Gasteiger partial charge on any atom is -0.493 e. The third-order valence-corrected chi connectivity index (χ3v) is 4.44. The fourth-order valence-electron chi connectivity index (χ4n) is 2.78. The number of carbonyl (C=O) groups is 1. The standard InChI is InChI=1S/C19H18BrNO3/c1-4-24-17-8-5-12(10-18(17)23-3)9-15-14-11-13(20)6-7-16(14)21(2)19(15)22/h5-11H,4H2,1-3H3/b15-9+. The van der Waals surface area contributed by atoms with E-state index in [2.05, 4.69) is 15.9 Å². The van der Waals surface area contributed by atoms with Crippen molar-refractivity contribution in [2.75, 3.05) is 25.7 Å². The van der Waals surface area contributed by atoms with Gasteiger partial charge in [-0.1, -0.05) is 22.0 Å². The molecule has 0 saturated heterocycles. The smallest absolute Gasteiger partial charge is 0.258 e. The molecule has 0 spiro atoms. The number of benzene rings is 2. The van der Waals surface area contributed by atoms with Crippen LogP contribution in [0.3, 0.4) is 0 Å². The molecule has 24 heavy (non-hydrogen) atoms. The summed E-state index contributed by atoms with van der Waals surface area (Å²) in [5, 5.41) is 0. The van der Waals surface area contributed by atoms with E-state index in [0.29, 0.717) is 23.7 Å². The van der Waals surface area contributed by atoms with Crippen molar-refractivity contribution >= 4 is 39.2 Å². The second-order valence-electron chi connectivity index (χ2n) is 5.43. The van der Waals surface area contributed by atoms with Crippen LogP contribution in [0.15, 0.2) is 40.9 Å².